The third kappa shape index (κ3) is 3.19. The Balaban J connectivity index is 2.41. The maximum atomic E-state index is 10.8. The van der Waals surface area contributed by atoms with Crippen LogP contribution in [0.5, 0.6) is 10.9 Å². The van der Waals surface area contributed by atoms with Gasteiger partial charge in [0.25, 0.3) is 5.19 Å². The molecule has 0 aliphatic rings. The number of aromatic nitrogens is 1. The van der Waals surface area contributed by atoms with Crippen molar-refractivity contribution in [3.63, 3.8) is 0 Å². The largest absolute Gasteiger partial charge is 0.431 e. The molecule has 106 valence electrons. The highest BCUT2D eigenvalue weighted by Crippen LogP contribution is 2.37. The lowest BCUT2D eigenvalue weighted by molar-refractivity contribution is 0.112. The number of nitrogens with zero attached hydrogens (tertiary/aromatic N) is 1. The maximum Gasteiger partial charge on any atom is 0.280 e. The molecule has 0 radical (unpaired) electrons. The van der Waals surface area contributed by atoms with Gasteiger partial charge < -0.3 is 4.74 Å². The lowest BCUT2D eigenvalue weighted by Gasteiger charge is -2.22. The standard InChI is InChI=1S/C15H16ClNO2S/c1-9-5-6-10(15(2,3)4)11(7-9)19-14-17-13(16)12(8-18)20-14/h5-8H,1-4H3. The molecule has 5 heteroatoms. The van der Waals surface area contributed by atoms with Crippen molar-refractivity contribution in [3.8, 4) is 10.9 Å². The molecule has 0 aliphatic carbocycles. The van der Waals surface area contributed by atoms with Crippen LogP contribution in [0.3, 0.4) is 0 Å². The Morgan fingerprint density at radius 2 is 2.05 bits per heavy atom. The van der Waals surface area contributed by atoms with Gasteiger partial charge in [-0.25, -0.2) is 0 Å². The molecule has 0 fully saturated rings. The summed E-state index contributed by atoms with van der Waals surface area (Å²) in [5, 5.41) is 0.568. The van der Waals surface area contributed by atoms with Crippen LogP contribution in [0.2, 0.25) is 5.15 Å². The molecule has 2 aromatic rings. The summed E-state index contributed by atoms with van der Waals surface area (Å²) < 4.78 is 5.84. The van der Waals surface area contributed by atoms with Gasteiger partial charge >= 0.3 is 0 Å². The monoisotopic (exact) mass is 309 g/mol. The van der Waals surface area contributed by atoms with Crippen molar-refractivity contribution in [1.82, 2.24) is 4.98 Å². The van der Waals surface area contributed by atoms with Crippen molar-refractivity contribution in [2.75, 3.05) is 0 Å². The quantitative estimate of drug-likeness (QED) is 0.748. The summed E-state index contributed by atoms with van der Waals surface area (Å²) in [7, 11) is 0. The highest BCUT2D eigenvalue weighted by molar-refractivity contribution is 7.15. The predicted octanol–water partition coefficient (Wildman–Crippen LogP) is 5.01. The molecule has 20 heavy (non-hydrogen) atoms. The molecular weight excluding hydrogens is 294 g/mol. The van der Waals surface area contributed by atoms with Gasteiger partial charge in [0.2, 0.25) is 0 Å². The number of benzene rings is 1. The predicted molar refractivity (Wildman–Crippen MR) is 82.5 cm³/mol. The lowest BCUT2D eigenvalue weighted by atomic mass is 9.86. The van der Waals surface area contributed by atoms with Crippen molar-refractivity contribution < 1.29 is 9.53 Å². The summed E-state index contributed by atoms with van der Waals surface area (Å²) in [5.74, 6) is 0.750. The molecule has 3 nitrogen and oxygen atoms in total. The Bertz CT molecular complexity index is 644. The summed E-state index contributed by atoms with van der Waals surface area (Å²) in [6.45, 7) is 8.37. The van der Waals surface area contributed by atoms with E-state index in [1.54, 1.807) is 0 Å². The number of ether oxygens (including phenoxy) is 1. The minimum Gasteiger partial charge on any atom is -0.431 e. The third-order valence-electron chi connectivity index (χ3n) is 2.84. The third-order valence-corrected chi connectivity index (χ3v) is 4.10. The number of halogens is 1. The van der Waals surface area contributed by atoms with E-state index in [-0.39, 0.29) is 10.6 Å². The van der Waals surface area contributed by atoms with Crippen LogP contribution < -0.4 is 4.74 Å². The average molecular weight is 310 g/mol. The molecule has 0 atom stereocenters. The molecule has 0 aliphatic heterocycles. The van der Waals surface area contributed by atoms with Crippen LogP contribution in [-0.2, 0) is 5.41 Å². The summed E-state index contributed by atoms with van der Waals surface area (Å²) in [4.78, 5) is 15.2. The fraction of sp³-hybridized carbons (Fsp3) is 0.333. The number of hydrogen-bond acceptors (Lipinski definition) is 4. The molecular formula is C15H16ClNO2S. The van der Waals surface area contributed by atoms with E-state index >= 15 is 0 Å². The highest BCUT2D eigenvalue weighted by atomic mass is 35.5. The van der Waals surface area contributed by atoms with Gasteiger partial charge in [0.1, 0.15) is 10.6 Å². The number of hydrogen-bond donors (Lipinski definition) is 0. The normalized spacial score (nSPS) is 11.4. The zero-order valence-electron chi connectivity index (χ0n) is 11.9. The molecule has 0 N–H and O–H groups in total. The van der Waals surface area contributed by atoms with Crippen LogP contribution in [0.1, 0.15) is 41.6 Å². The molecule has 1 aromatic heterocycles. The van der Waals surface area contributed by atoms with E-state index in [2.05, 4.69) is 37.9 Å². The minimum absolute atomic E-state index is 0.0441. The lowest BCUT2D eigenvalue weighted by Crippen LogP contribution is -2.12. The number of carbonyl (C=O) groups excluding carboxylic acids is 1. The van der Waals surface area contributed by atoms with Gasteiger partial charge in [-0.15, -0.1) is 0 Å². The van der Waals surface area contributed by atoms with Gasteiger partial charge in [-0.3, -0.25) is 4.79 Å². The Hall–Kier alpha value is -1.39. The van der Waals surface area contributed by atoms with E-state index in [0.29, 0.717) is 16.4 Å². The molecule has 1 aromatic carbocycles. The molecule has 0 unspecified atom stereocenters. The molecule has 0 bridgehead atoms. The van der Waals surface area contributed by atoms with Crippen molar-refractivity contribution in [3.05, 3.63) is 39.4 Å². The second kappa shape index (κ2) is 5.54. The van der Waals surface area contributed by atoms with Crippen LogP contribution in [-0.4, -0.2) is 11.3 Å². The number of aldehydes is 1. The van der Waals surface area contributed by atoms with Gasteiger partial charge in [0.15, 0.2) is 11.4 Å². The zero-order chi connectivity index (χ0) is 14.9. The second-order valence-corrected chi connectivity index (χ2v) is 6.96. The Morgan fingerprint density at radius 1 is 1.35 bits per heavy atom. The van der Waals surface area contributed by atoms with Crippen LogP contribution in [0.4, 0.5) is 0 Å². The SMILES string of the molecule is Cc1ccc(C(C)(C)C)c(Oc2nc(Cl)c(C=O)s2)c1. The fourth-order valence-electron chi connectivity index (χ4n) is 1.84. The minimum atomic E-state index is -0.0441. The Labute approximate surface area is 127 Å². The van der Waals surface area contributed by atoms with E-state index in [1.807, 2.05) is 13.0 Å². The molecule has 0 saturated carbocycles. The van der Waals surface area contributed by atoms with Crippen LogP contribution >= 0.6 is 22.9 Å². The molecule has 1 heterocycles. The van der Waals surface area contributed by atoms with Gasteiger partial charge in [-0.1, -0.05) is 55.8 Å². The van der Waals surface area contributed by atoms with Gasteiger partial charge in [-0.05, 0) is 24.0 Å². The Kier molecular flexibility index (Phi) is 4.16. The van der Waals surface area contributed by atoms with E-state index in [0.717, 1.165) is 28.2 Å². The Morgan fingerprint density at radius 3 is 2.60 bits per heavy atom. The van der Waals surface area contributed by atoms with Crippen LogP contribution in [0, 0.1) is 6.92 Å². The van der Waals surface area contributed by atoms with Gasteiger partial charge in [0.05, 0.1) is 0 Å². The second-order valence-electron chi connectivity index (χ2n) is 5.60. The first kappa shape index (κ1) is 15.0. The first-order chi connectivity index (χ1) is 9.31. The summed E-state index contributed by atoms with van der Waals surface area (Å²) >= 11 is 7.01. The van der Waals surface area contributed by atoms with Crippen molar-refractivity contribution in [2.24, 2.45) is 0 Å². The number of carbonyl (C=O) groups is 1. The van der Waals surface area contributed by atoms with Crippen molar-refractivity contribution in [2.45, 2.75) is 33.1 Å². The fourth-order valence-corrected chi connectivity index (χ4v) is 2.76. The summed E-state index contributed by atoms with van der Waals surface area (Å²) in [6, 6.07) is 6.08. The van der Waals surface area contributed by atoms with Gasteiger partial charge in [0, 0.05) is 5.56 Å². The maximum absolute atomic E-state index is 10.8. The smallest absolute Gasteiger partial charge is 0.280 e. The van der Waals surface area contributed by atoms with E-state index in [1.165, 1.54) is 0 Å². The van der Waals surface area contributed by atoms with Crippen molar-refractivity contribution in [1.29, 1.82) is 0 Å². The van der Waals surface area contributed by atoms with Crippen LogP contribution in [0.15, 0.2) is 18.2 Å². The first-order valence-corrected chi connectivity index (χ1v) is 7.41. The first-order valence-electron chi connectivity index (χ1n) is 6.22. The summed E-state index contributed by atoms with van der Waals surface area (Å²) in [6.07, 6.45) is 0.688. The van der Waals surface area contributed by atoms with E-state index in [9.17, 15) is 4.79 Å². The van der Waals surface area contributed by atoms with E-state index in [4.69, 9.17) is 16.3 Å². The average Bonchev–Trinajstić information content (AvgIpc) is 2.67. The number of thiazole rings is 1. The summed E-state index contributed by atoms with van der Waals surface area (Å²) in [5.41, 5.74) is 2.14. The van der Waals surface area contributed by atoms with Gasteiger partial charge in [-0.2, -0.15) is 4.98 Å². The number of aryl methyl sites for hydroxylation is 1. The molecule has 0 spiro atoms. The number of rotatable bonds is 3. The molecule has 2 rings (SSSR count). The van der Waals surface area contributed by atoms with E-state index < -0.39 is 0 Å². The highest BCUT2D eigenvalue weighted by Gasteiger charge is 2.20. The zero-order valence-corrected chi connectivity index (χ0v) is 13.4. The van der Waals surface area contributed by atoms with Crippen LogP contribution in [0.25, 0.3) is 0 Å². The topological polar surface area (TPSA) is 39.2 Å². The van der Waals surface area contributed by atoms with Crippen molar-refractivity contribution >= 4 is 29.2 Å². The molecule has 0 amide bonds. The molecule has 0 saturated heterocycles.